The molecule has 0 aliphatic carbocycles. The Kier molecular flexibility index (Phi) is 5.27. The first-order chi connectivity index (χ1) is 13.3. The van der Waals surface area contributed by atoms with Crippen molar-refractivity contribution in [3.8, 4) is 5.69 Å². The lowest BCUT2D eigenvalue weighted by Gasteiger charge is -2.10. The maximum absolute atomic E-state index is 12.6. The van der Waals surface area contributed by atoms with Crippen molar-refractivity contribution >= 4 is 23.2 Å². The number of nitrogens with two attached hydrogens (primary N) is 1. The van der Waals surface area contributed by atoms with Crippen LogP contribution in [0, 0.1) is 0 Å². The Bertz CT molecular complexity index is 1220. The summed E-state index contributed by atoms with van der Waals surface area (Å²) in [4.78, 5) is 51.1. The van der Waals surface area contributed by atoms with Crippen molar-refractivity contribution < 1.29 is 4.79 Å². The number of para-hydroxylation sites is 1. The second-order valence-corrected chi connectivity index (χ2v) is 6.28. The summed E-state index contributed by atoms with van der Waals surface area (Å²) in [5.74, 6) is -1.04. The lowest BCUT2D eigenvalue weighted by molar-refractivity contribution is 0.0964. The molecule has 0 spiro atoms. The molecule has 0 radical (unpaired) electrons. The van der Waals surface area contributed by atoms with Gasteiger partial charge in [-0.05, 0) is 29.0 Å². The molecule has 0 bridgehead atoms. The third kappa shape index (κ3) is 3.39. The van der Waals surface area contributed by atoms with Gasteiger partial charge in [-0.3, -0.25) is 19.1 Å². The molecule has 2 aromatic heterocycles. The quantitative estimate of drug-likeness (QED) is 0.539. The topological polar surface area (TPSA) is 151 Å². The largest absolute Gasteiger partial charge is 0.384 e. The summed E-state index contributed by atoms with van der Waals surface area (Å²) in [6.07, 6.45) is 0.565. The number of hydrogen-bond donors (Lipinski definition) is 2. The molecule has 3 aromatic rings. The van der Waals surface area contributed by atoms with Gasteiger partial charge in [0.1, 0.15) is 17.9 Å². The van der Waals surface area contributed by atoms with E-state index in [2.05, 4.69) is 15.4 Å². The summed E-state index contributed by atoms with van der Waals surface area (Å²) in [6, 6.07) is 6.48. The Morgan fingerprint density at radius 2 is 1.93 bits per heavy atom. The van der Waals surface area contributed by atoms with Crippen LogP contribution in [0.1, 0.15) is 23.7 Å². The summed E-state index contributed by atoms with van der Waals surface area (Å²) in [7, 11) is 0. The number of rotatable bonds is 6. The summed E-state index contributed by atoms with van der Waals surface area (Å²) in [6.45, 7) is 1.45. The van der Waals surface area contributed by atoms with Crippen molar-refractivity contribution in [2.45, 2.75) is 26.4 Å². The van der Waals surface area contributed by atoms with Gasteiger partial charge in [-0.2, -0.15) is 9.36 Å². The number of ketones is 1. The van der Waals surface area contributed by atoms with E-state index < -0.39 is 34.8 Å². The molecule has 0 fully saturated rings. The van der Waals surface area contributed by atoms with E-state index >= 15 is 0 Å². The maximum Gasteiger partial charge on any atom is 0.368 e. The molecule has 0 saturated carbocycles. The normalized spacial score (nSPS) is 10.9. The van der Waals surface area contributed by atoms with E-state index in [1.54, 1.807) is 24.3 Å². The average molecular weight is 406 g/mol. The SMILES string of the molecule is CCCn1c(N)c(C(=O)Cn2nnn(-c3ccccc3Cl)c2=O)c(=O)[nH]c1=O. The number of nitrogens with one attached hydrogen (secondary N) is 1. The van der Waals surface area contributed by atoms with Crippen molar-refractivity contribution in [1.29, 1.82) is 0 Å². The van der Waals surface area contributed by atoms with E-state index in [1.807, 2.05) is 6.92 Å². The lowest BCUT2D eigenvalue weighted by atomic mass is 10.2. The summed E-state index contributed by atoms with van der Waals surface area (Å²) >= 11 is 6.05. The molecule has 11 nitrogen and oxygen atoms in total. The van der Waals surface area contributed by atoms with Gasteiger partial charge >= 0.3 is 11.4 Å². The van der Waals surface area contributed by atoms with Crippen molar-refractivity contribution in [2.75, 3.05) is 5.73 Å². The number of carbonyl (C=O) groups excluding carboxylic acids is 1. The number of nitrogen functional groups attached to an aromatic ring is 1. The second kappa shape index (κ2) is 7.64. The van der Waals surface area contributed by atoms with Gasteiger partial charge in [0.05, 0.1) is 10.7 Å². The number of Topliss-reactive ketones (excluding diaryl/α,β-unsaturated/α-hetero) is 1. The number of hydrogen-bond acceptors (Lipinski definition) is 7. The highest BCUT2D eigenvalue weighted by Crippen LogP contribution is 2.16. The smallest absolute Gasteiger partial charge is 0.368 e. The number of aromatic amines is 1. The van der Waals surface area contributed by atoms with Crippen molar-refractivity contribution in [3.05, 3.63) is 66.2 Å². The fourth-order valence-electron chi connectivity index (χ4n) is 2.67. The van der Waals surface area contributed by atoms with E-state index in [-0.39, 0.29) is 17.4 Å². The molecular formula is C16H16ClN7O4. The molecule has 3 N–H and O–H groups in total. The molecule has 0 saturated heterocycles. The predicted molar refractivity (Wildman–Crippen MR) is 101 cm³/mol. The second-order valence-electron chi connectivity index (χ2n) is 5.88. The van der Waals surface area contributed by atoms with Crippen LogP contribution in [0.4, 0.5) is 5.82 Å². The zero-order valence-corrected chi connectivity index (χ0v) is 15.5. The van der Waals surface area contributed by atoms with E-state index in [0.717, 1.165) is 13.9 Å². The van der Waals surface area contributed by atoms with Crippen LogP contribution in [0.15, 0.2) is 38.6 Å². The van der Waals surface area contributed by atoms with Crippen LogP contribution >= 0.6 is 11.6 Å². The number of aromatic nitrogens is 6. The molecule has 0 atom stereocenters. The molecule has 2 heterocycles. The van der Waals surface area contributed by atoms with Crippen molar-refractivity contribution in [1.82, 2.24) is 29.3 Å². The summed E-state index contributed by atoms with van der Waals surface area (Å²) < 4.78 is 2.80. The number of carbonyl (C=O) groups is 1. The standard InChI is InChI=1S/C16H16ClN7O4/c1-2-7-22-13(18)12(14(26)19-15(22)27)11(25)8-23-16(28)24(21-20-23)10-6-4-3-5-9(10)17/h3-6H,2,7-8,18H2,1H3,(H,19,26,27). The number of tetrazole rings is 1. The van der Waals surface area contributed by atoms with Crippen LogP contribution in [0.3, 0.4) is 0 Å². The number of anilines is 1. The fourth-order valence-corrected chi connectivity index (χ4v) is 2.88. The monoisotopic (exact) mass is 405 g/mol. The molecule has 0 amide bonds. The van der Waals surface area contributed by atoms with Gasteiger partial charge in [0.2, 0.25) is 0 Å². The number of nitrogens with zero attached hydrogens (tertiary/aromatic N) is 5. The Balaban J connectivity index is 1.99. The van der Waals surface area contributed by atoms with E-state index in [9.17, 15) is 19.2 Å². The highest BCUT2D eigenvalue weighted by Gasteiger charge is 2.22. The Morgan fingerprint density at radius 3 is 2.61 bits per heavy atom. The van der Waals surface area contributed by atoms with Crippen LogP contribution < -0.4 is 22.7 Å². The average Bonchev–Trinajstić information content (AvgIpc) is 2.99. The minimum absolute atomic E-state index is 0.227. The molecule has 3 rings (SSSR count). The number of H-pyrrole nitrogens is 1. The van der Waals surface area contributed by atoms with Crippen LogP contribution in [0.25, 0.3) is 5.69 Å². The van der Waals surface area contributed by atoms with Crippen LogP contribution in [-0.4, -0.2) is 35.1 Å². The predicted octanol–water partition coefficient (Wildman–Crippen LogP) is -0.193. The summed E-state index contributed by atoms with van der Waals surface area (Å²) in [5.41, 5.74) is 3.38. The van der Waals surface area contributed by atoms with E-state index in [1.165, 1.54) is 0 Å². The first kappa shape index (κ1) is 19.3. The highest BCUT2D eigenvalue weighted by molar-refractivity contribution is 6.32. The lowest BCUT2D eigenvalue weighted by Crippen LogP contribution is -2.37. The Labute approximate surface area is 162 Å². The first-order valence-corrected chi connectivity index (χ1v) is 8.66. The van der Waals surface area contributed by atoms with Gasteiger partial charge in [-0.15, -0.1) is 0 Å². The van der Waals surface area contributed by atoms with Gasteiger partial charge in [0, 0.05) is 6.54 Å². The third-order valence-electron chi connectivity index (χ3n) is 3.98. The van der Waals surface area contributed by atoms with Crippen LogP contribution in [0.5, 0.6) is 0 Å². The third-order valence-corrected chi connectivity index (χ3v) is 4.30. The fraction of sp³-hybridized carbons (Fsp3) is 0.250. The van der Waals surface area contributed by atoms with E-state index in [4.69, 9.17) is 17.3 Å². The zero-order valence-electron chi connectivity index (χ0n) is 14.8. The minimum atomic E-state index is -0.925. The Morgan fingerprint density at radius 1 is 1.21 bits per heavy atom. The minimum Gasteiger partial charge on any atom is -0.384 e. The molecule has 146 valence electrons. The Hall–Kier alpha value is -3.47. The maximum atomic E-state index is 12.6. The van der Waals surface area contributed by atoms with Gasteiger partial charge in [-0.1, -0.05) is 30.7 Å². The molecule has 1 aromatic carbocycles. The van der Waals surface area contributed by atoms with E-state index in [0.29, 0.717) is 12.1 Å². The molecule has 12 heteroatoms. The molecular weight excluding hydrogens is 390 g/mol. The summed E-state index contributed by atoms with van der Waals surface area (Å²) in [5, 5.41) is 7.63. The number of benzene rings is 1. The van der Waals surface area contributed by atoms with Crippen LogP contribution in [0.2, 0.25) is 5.02 Å². The van der Waals surface area contributed by atoms with Gasteiger partial charge in [0.15, 0.2) is 5.78 Å². The highest BCUT2D eigenvalue weighted by atomic mass is 35.5. The number of halogens is 1. The zero-order chi connectivity index (χ0) is 20.4. The van der Waals surface area contributed by atoms with Gasteiger partial charge in [0.25, 0.3) is 5.56 Å². The first-order valence-electron chi connectivity index (χ1n) is 8.28. The molecule has 0 unspecified atom stereocenters. The molecule has 28 heavy (non-hydrogen) atoms. The van der Waals surface area contributed by atoms with Crippen LogP contribution in [-0.2, 0) is 13.1 Å². The molecule has 0 aliphatic heterocycles. The van der Waals surface area contributed by atoms with Gasteiger partial charge < -0.3 is 5.73 Å². The van der Waals surface area contributed by atoms with Crippen molar-refractivity contribution in [2.24, 2.45) is 0 Å². The van der Waals surface area contributed by atoms with Gasteiger partial charge in [-0.25, -0.2) is 9.59 Å². The molecule has 0 aliphatic rings. The van der Waals surface area contributed by atoms with Crippen molar-refractivity contribution in [3.63, 3.8) is 0 Å².